The monoisotopic (exact) mass is 625 g/mol. The molecule has 0 aliphatic carbocycles. The average molecular weight is 626 g/mol. The molecule has 0 saturated heterocycles. The van der Waals surface area contributed by atoms with Gasteiger partial charge < -0.3 is 19.8 Å². The number of benzene rings is 3. The van der Waals surface area contributed by atoms with Gasteiger partial charge in [0.15, 0.2) is 0 Å². The standard InChI is InChI=1S/C32H27N5O5S2/c1-20-36-37-32(44-20)35-29(38)19-43-24-15-12-22(13-16-24)33-31(40)26(34-30(39)21-8-4-3-5-9-21)18-23-14-17-28(42-23)25-10-6-7-11-27(25)41-2/h3-18H,19H2,1-2H3,(H,33,40)(H,34,39)(H,35,37,38). The Labute approximate surface area is 261 Å². The molecule has 3 N–H and O–H groups in total. The molecule has 0 aliphatic heterocycles. The van der Waals surface area contributed by atoms with Crippen LogP contribution >= 0.6 is 23.1 Å². The number of anilines is 2. The molecule has 10 nitrogen and oxygen atoms in total. The summed E-state index contributed by atoms with van der Waals surface area (Å²) in [4.78, 5) is 39.5. The van der Waals surface area contributed by atoms with Gasteiger partial charge in [0, 0.05) is 22.2 Å². The van der Waals surface area contributed by atoms with Crippen molar-refractivity contribution in [2.45, 2.75) is 11.8 Å². The summed E-state index contributed by atoms with van der Waals surface area (Å²) in [7, 11) is 1.58. The van der Waals surface area contributed by atoms with E-state index < -0.39 is 11.8 Å². The maximum Gasteiger partial charge on any atom is 0.272 e. The molecule has 0 saturated carbocycles. The van der Waals surface area contributed by atoms with Gasteiger partial charge in [-0.15, -0.1) is 22.0 Å². The lowest BCUT2D eigenvalue weighted by Gasteiger charge is -2.11. The SMILES string of the molecule is COc1ccccc1-c1ccc(C=C(NC(=O)c2ccccc2)C(=O)Nc2ccc(SCC(=O)Nc3nnc(C)s3)cc2)o1. The minimum absolute atomic E-state index is 0.0122. The molecule has 2 heterocycles. The lowest BCUT2D eigenvalue weighted by atomic mass is 10.1. The summed E-state index contributed by atoms with van der Waals surface area (Å²) in [5.74, 6) is 0.541. The highest BCUT2D eigenvalue weighted by molar-refractivity contribution is 8.00. The van der Waals surface area contributed by atoms with Crippen LogP contribution in [0.15, 0.2) is 106 Å². The van der Waals surface area contributed by atoms with Crippen molar-refractivity contribution < 1.29 is 23.5 Å². The van der Waals surface area contributed by atoms with Crippen LogP contribution in [-0.2, 0) is 9.59 Å². The normalized spacial score (nSPS) is 11.1. The number of nitrogens with zero attached hydrogens (tertiary/aromatic N) is 2. The van der Waals surface area contributed by atoms with Gasteiger partial charge in [-0.3, -0.25) is 19.7 Å². The first kappa shape index (κ1) is 30.3. The van der Waals surface area contributed by atoms with Crippen molar-refractivity contribution in [2.75, 3.05) is 23.5 Å². The van der Waals surface area contributed by atoms with Crippen molar-refractivity contribution in [3.05, 3.63) is 113 Å². The van der Waals surface area contributed by atoms with Gasteiger partial charge in [0.25, 0.3) is 11.8 Å². The highest BCUT2D eigenvalue weighted by Gasteiger charge is 2.17. The van der Waals surface area contributed by atoms with Gasteiger partial charge in [0.2, 0.25) is 11.0 Å². The molecule has 5 aromatic rings. The summed E-state index contributed by atoms with van der Waals surface area (Å²) in [6, 6.07) is 26.5. The summed E-state index contributed by atoms with van der Waals surface area (Å²) in [5, 5.41) is 17.2. The zero-order chi connectivity index (χ0) is 30.9. The van der Waals surface area contributed by atoms with Crippen LogP contribution in [0.1, 0.15) is 21.1 Å². The fraction of sp³-hybridized carbons (Fsp3) is 0.0938. The predicted octanol–water partition coefficient (Wildman–Crippen LogP) is 6.26. The van der Waals surface area contributed by atoms with Crippen molar-refractivity contribution in [3.63, 3.8) is 0 Å². The van der Waals surface area contributed by atoms with Crippen molar-refractivity contribution in [1.29, 1.82) is 0 Å². The van der Waals surface area contributed by atoms with Crippen LogP contribution in [0.3, 0.4) is 0 Å². The lowest BCUT2D eigenvalue weighted by molar-refractivity contribution is -0.114. The first-order chi connectivity index (χ1) is 21.4. The molecule has 0 atom stereocenters. The quantitative estimate of drug-likeness (QED) is 0.116. The largest absolute Gasteiger partial charge is 0.496 e. The van der Waals surface area contributed by atoms with Crippen LogP contribution in [0.2, 0.25) is 0 Å². The van der Waals surface area contributed by atoms with Gasteiger partial charge in [-0.25, -0.2) is 0 Å². The Morgan fingerprint density at radius 2 is 1.66 bits per heavy atom. The van der Waals surface area contributed by atoms with Crippen LogP contribution in [0, 0.1) is 6.92 Å². The Hall–Kier alpha value is -5.20. The number of furan rings is 1. The number of carbonyl (C=O) groups excluding carboxylic acids is 3. The number of carbonyl (C=O) groups is 3. The Bertz CT molecular complexity index is 1800. The smallest absolute Gasteiger partial charge is 0.272 e. The van der Waals surface area contributed by atoms with E-state index in [1.807, 2.05) is 31.2 Å². The first-order valence-corrected chi connectivity index (χ1v) is 15.1. The minimum Gasteiger partial charge on any atom is -0.496 e. The third kappa shape index (κ3) is 8.00. The maximum atomic E-state index is 13.4. The first-order valence-electron chi connectivity index (χ1n) is 13.3. The summed E-state index contributed by atoms with van der Waals surface area (Å²) in [6.45, 7) is 1.81. The summed E-state index contributed by atoms with van der Waals surface area (Å²) >= 11 is 2.65. The summed E-state index contributed by atoms with van der Waals surface area (Å²) in [5.41, 5.74) is 1.63. The number of aryl methyl sites for hydroxylation is 1. The Kier molecular flexibility index (Phi) is 9.85. The van der Waals surface area contributed by atoms with E-state index in [1.165, 1.54) is 29.2 Å². The number of methoxy groups -OCH3 is 1. The molecular weight excluding hydrogens is 599 g/mol. The molecule has 0 unspecified atom stereocenters. The second kappa shape index (κ2) is 14.3. The second-order valence-electron chi connectivity index (χ2n) is 9.22. The Morgan fingerprint density at radius 1 is 0.909 bits per heavy atom. The van der Waals surface area contributed by atoms with E-state index >= 15 is 0 Å². The number of thioether (sulfide) groups is 1. The van der Waals surface area contributed by atoms with Crippen molar-refractivity contribution in [2.24, 2.45) is 0 Å². The molecule has 3 aromatic carbocycles. The van der Waals surface area contributed by atoms with E-state index in [9.17, 15) is 14.4 Å². The Balaban J connectivity index is 1.29. The van der Waals surface area contributed by atoms with Gasteiger partial charge >= 0.3 is 0 Å². The zero-order valence-electron chi connectivity index (χ0n) is 23.7. The van der Waals surface area contributed by atoms with E-state index in [0.717, 1.165) is 15.5 Å². The molecule has 44 heavy (non-hydrogen) atoms. The molecule has 0 radical (unpaired) electrons. The number of para-hydroxylation sites is 1. The maximum absolute atomic E-state index is 13.4. The third-order valence-electron chi connectivity index (χ3n) is 6.07. The Morgan fingerprint density at radius 3 is 2.39 bits per heavy atom. The van der Waals surface area contributed by atoms with Crippen molar-refractivity contribution in [1.82, 2.24) is 15.5 Å². The van der Waals surface area contributed by atoms with Gasteiger partial charge in [-0.2, -0.15) is 0 Å². The number of rotatable bonds is 11. The van der Waals surface area contributed by atoms with Crippen LogP contribution in [0.25, 0.3) is 17.4 Å². The van der Waals surface area contributed by atoms with Crippen LogP contribution in [0.5, 0.6) is 5.75 Å². The van der Waals surface area contributed by atoms with Gasteiger partial charge in [-0.1, -0.05) is 41.7 Å². The molecule has 12 heteroatoms. The van der Waals surface area contributed by atoms with E-state index in [0.29, 0.717) is 33.7 Å². The number of ether oxygens (including phenoxy) is 1. The predicted molar refractivity (Wildman–Crippen MR) is 172 cm³/mol. The molecule has 0 spiro atoms. The molecule has 0 aliphatic rings. The molecule has 0 bridgehead atoms. The van der Waals surface area contributed by atoms with Gasteiger partial charge in [-0.05, 0) is 67.6 Å². The lowest BCUT2D eigenvalue weighted by Crippen LogP contribution is -2.30. The fourth-order valence-electron chi connectivity index (χ4n) is 3.99. The second-order valence-corrected chi connectivity index (χ2v) is 11.5. The summed E-state index contributed by atoms with van der Waals surface area (Å²) in [6.07, 6.45) is 1.47. The number of nitrogens with one attached hydrogen (secondary N) is 3. The number of aromatic nitrogens is 2. The van der Waals surface area contributed by atoms with Crippen molar-refractivity contribution in [3.8, 4) is 17.1 Å². The molecule has 0 fully saturated rings. The molecule has 3 amide bonds. The highest BCUT2D eigenvalue weighted by atomic mass is 32.2. The third-order valence-corrected chi connectivity index (χ3v) is 7.84. The number of hydrogen-bond donors (Lipinski definition) is 3. The average Bonchev–Trinajstić information content (AvgIpc) is 3.69. The molecular formula is C32H27N5O5S2. The van der Waals surface area contributed by atoms with Gasteiger partial charge in [0.05, 0.1) is 18.4 Å². The van der Waals surface area contributed by atoms with Crippen LogP contribution in [0.4, 0.5) is 10.8 Å². The fourth-order valence-corrected chi connectivity index (χ4v) is 5.30. The van der Waals surface area contributed by atoms with Crippen LogP contribution < -0.4 is 20.7 Å². The van der Waals surface area contributed by atoms with E-state index in [4.69, 9.17) is 9.15 Å². The highest BCUT2D eigenvalue weighted by Crippen LogP contribution is 2.31. The topological polar surface area (TPSA) is 135 Å². The number of hydrogen-bond acceptors (Lipinski definition) is 9. The minimum atomic E-state index is -0.545. The molecule has 5 rings (SSSR count). The molecule has 2 aromatic heterocycles. The van der Waals surface area contributed by atoms with E-state index in [2.05, 4.69) is 26.1 Å². The van der Waals surface area contributed by atoms with Crippen molar-refractivity contribution >= 4 is 57.7 Å². The molecule has 222 valence electrons. The zero-order valence-corrected chi connectivity index (χ0v) is 25.3. The van der Waals surface area contributed by atoms with E-state index in [-0.39, 0.29) is 17.4 Å². The van der Waals surface area contributed by atoms with E-state index in [1.54, 1.807) is 73.8 Å². The number of amides is 3. The van der Waals surface area contributed by atoms with Gasteiger partial charge in [0.1, 0.15) is 28.0 Å². The van der Waals surface area contributed by atoms with Crippen LogP contribution in [-0.4, -0.2) is 40.8 Å². The summed E-state index contributed by atoms with van der Waals surface area (Å²) < 4.78 is 11.4.